The van der Waals surface area contributed by atoms with E-state index in [0.717, 1.165) is 4.57 Å². The second-order valence-corrected chi connectivity index (χ2v) is 3.86. The van der Waals surface area contributed by atoms with Crippen LogP contribution in [0.5, 0.6) is 0 Å². The lowest BCUT2D eigenvalue weighted by Gasteiger charge is -2.07. The van der Waals surface area contributed by atoms with E-state index in [0.29, 0.717) is 18.1 Å². The maximum absolute atomic E-state index is 12.0. The molecule has 0 aliphatic carbocycles. The first kappa shape index (κ1) is 12.1. The van der Waals surface area contributed by atoms with E-state index in [4.69, 9.17) is 5.73 Å². The van der Waals surface area contributed by atoms with Gasteiger partial charge >= 0.3 is 5.69 Å². The molecular weight excluding hydrogens is 232 g/mol. The Balaban J connectivity index is 2.46. The molecular formula is C12H14N4O2. The summed E-state index contributed by atoms with van der Waals surface area (Å²) in [6.45, 7) is 2.49. The highest BCUT2D eigenvalue weighted by Crippen LogP contribution is 2.00. The van der Waals surface area contributed by atoms with Crippen LogP contribution >= 0.6 is 0 Å². The maximum atomic E-state index is 12.0. The van der Waals surface area contributed by atoms with Crippen LogP contribution in [0.1, 0.15) is 12.6 Å². The zero-order valence-corrected chi connectivity index (χ0v) is 10.0. The summed E-state index contributed by atoms with van der Waals surface area (Å²) >= 11 is 0. The summed E-state index contributed by atoms with van der Waals surface area (Å²) in [6, 6.07) is 6.49. The van der Waals surface area contributed by atoms with Crippen LogP contribution in [-0.4, -0.2) is 14.1 Å². The molecule has 0 bridgehead atoms. The monoisotopic (exact) mass is 246 g/mol. The Morgan fingerprint density at radius 2 is 2.06 bits per heavy atom. The quantitative estimate of drug-likeness (QED) is 0.829. The van der Waals surface area contributed by atoms with Gasteiger partial charge < -0.3 is 10.3 Å². The number of rotatable bonds is 3. The van der Waals surface area contributed by atoms with Gasteiger partial charge in [-0.25, -0.2) is 9.78 Å². The highest BCUT2D eigenvalue weighted by Gasteiger charge is 2.05. The molecule has 0 atom stereocenters. The number of nitrogens with two attached hydrogens (primary N) is 1. The molecule has 6 heteroatoms. The van der Waals surface area contributed by atoms with Gasteiger partial charge in [-0.2, -0.15) is 0 Å². The van der Waals surface area contributed by atoms with Gasteiger partial charge in [0.05, 0.1) is 12.2 Å². The first-order chi connectivity index (χ1) is 8.61. The summed E-state index contributed by atoms with van der Waals surface area (Å²) in [5.74, 6) is 0.368. The van der Waals surface area contributed by atoms with Crippen LogP contribution in [-0.2, 0) is 13.1 Å². The minimum atomic E-state index is -0.339. The third-order valence-corrected chi connectivity index (χ3v) is 2.63. The largest absolute Gasteiger partial charge is 0.384 e. The standard InChI is InChI=1S/C12H14N4O2/c1-2-15-7-6-11(17)16(12(15)18)8-9-4-3-5-10(13)14-9/h3-7H,2,8H2,1H3,(H2,13,14). The molecule has 0 aliphatic heterocycles. The second kappa shape index (κ2) is 4.87. The Morgan fingerprint density at radius 1 is 1.28 bits per heavy atom. The molecule has 18 heavy (non-hydrogen) atoms. The Kier molecular flexibility index (Phi) is 3.27. The summed E-state index contributed by atoms with van der Waals surface area (Å²) in [7, 11) is 0. The lowest BCUT2D eigenvalue weighted by molar-refractivity contribution is 0.595. The van der Waals surface area contributed by atoms with Gasteiger partial charge in [-0.15, -0.1) is 0 Å². The van der Waals surface area contributed by atoms with Gasteiger partial charge in [0.2, 0.25) is 0 Å². The molecule has 0 aromatic carbocycles. The summed E-state index contributed by atoms with van der Waals surface area (Å²) in [5.41, 5.74) is 5.47. The minimum absolute atomic E-state index is 0.129. The predicted molar refractivity (Wildman–Crippen MR) is 68.4 cm³/mol. The molecule has 0 amide bonds. The van der Waals surface area contributed by atoms with Crippen LogP contribution < -0.4 is 17.0 Å². The number of anilines is 1. The van der Waals surface area contributed by atoms with Crippen molar-refractivity contribution in [2.45, 2.75) is 20.0 Å². The number of pyridine rings is 1. The number of hydrogen-bond acceptors (Lipinski definition) is 4. The Morgan fingerprint density at radius 3 is 2.72 bits per heavy atom. The molecule has 0 fully saturated rings. The van der Waals surface area contributed by atoms with Crippen LogP contribution in [0.4, 0.5) is 5.82 Å². The SMILES string of the molecule is CCn1ccc(=O)n(Cc2cccc(N)n2)c1=O. The van der Waals surface area contributed by atoms with E-state index < -0.39 is 0 Å². The van der Waals surface area contributed by atoms with Crippen molar-refractivity contribution in [3.63, 3.8) is 0 Å². The Hall–Kier alpha value is -2.37. The molecule has 6 nitrogen and oxygen atoms in total. The van der Waals surface area contributed by atoms with E-state index in [1.54, 1.807) is 18.2 Å². The average Bonchev–Trinajstić information content (AvgIpc) is 2.35. The molecule has 2 N–H and O–H groups in total. The molecule has 2 heterocycles. The van der Waals surface area contributed by atoms with E-state index in [1.807, 2.05) is 6.92 Å². The van der Waals surface area contributed by atoms with Gasteiger partial charge in [-0.1, -0.05) is 6.07 Å². The first-order valence-electron chi connectivity index (χ1n) is 5.63. The molecule has 2 aromatic heterocycles. The Bertz CT molecular complexity index is 672. The number of nitrogens with zero attached hydrogens (tertiary/aromatic N) is 3. The van der Waals surface area contributed by atoms with Crippen LogP contribution in [0.2, 0.25) is 0 Å². The zero-order chi connectivity index (χ0) is 13.1. The summed E-state index contributed by atoms with van der Waals surface area (Å²) in [6.07, 6.45) is 1.49. The van der Waals surface area contributed by atoms with Crippen molar-refractivity contribution < 1.29 is 0 Å². The van der Waals surface area contributed by atoms with Gasteiger partial charge in [0.1, 0.15) is 5.82 Å². The van der Waals surface area contributed by atoms with Crippen LogP contribution in [0.25, 0.3) is 0 Å². The normalized spacial score (nSPS) is 10.5. The fourth-order valence-corrected chi connectivity index (χ4v) is 1.69. The van der Waals surface area contributed by atoms with E-state index in [9.17, 15) is 9.59 Å². The lowest BCUT2D eigenvalue weighted by Crippen LogP contribution is -2.39. The van der Waals surface area contributed by atoms with Gasteiger partial charge in [-0.3, -0.25) is 9.36 Å². The van der Waals surface area contributed by atoms with Crippen molar-refractivity contribution in [3.05, 3.63) is 57.0 Å². The predicted octanol–water partition coefficient (Wildman–Crippen LogP) is 0.0554. The van der Waals surface area contributed by atoms with E-state index in [1.165, 1.54) is 16.8 Å². The zero-order valence-electron chi connectivity index (χ0n) is 10.0. The minimum Gasteiger partial charge on any atom is -0.384 e. The molecule has 0 radical (unpaired) electrons. The summed E-state index contributed by atoms with van der Waals surface area (Å²) in [4.78, 5) is 27.7. The number of aromatic nitrogens is 3. The molecule has 0 spiro atoms. The third kappa shape index (κ3) is 2.32. The fourth-order valence-electron chi connectivity index (χ4n) is 1.69. The average molecular weight is 246 g/mol. The molecule has 2 rings (SSSR count). The van der Waals surface area contributed by atoms with Gasteiger partial charge in [-0.05, 0) is 19.1 Å². The van der Waals surface area contributed by atoms with Crippen LogP contribution in [0, 0.1) is 0 Å². The highest BCUT2D eigenvalue weighted by atomic mass is 16.2. The second-order valence-electron chi connectivity index (χ2n) is 3.86. The first-order valence-corrected chi connectivity index (χ1v) is 5.63. The molecule has 0 saturated carbocycles. The number of nitrogen functional groups attached to an aromatic ring is 1. The smallest absolute Gasteiger partial charge is 0.331 e. The van der Waals surface area contributed by atoms with Gasteiger partial charge in [0.15, 0.2) is 0 Å². The topological polar surface area (TPSA) is 82.9 Å². The van der Waals surface area contributed by atoms with Crippen molar-refractivity contribution in [2.24, 2.45) is 0 Å². The van der Waals surface area contributed by atoms with E-state index in [-0.39, 0.29) is 17.8 Å². The molecule has 0 aliphatic rings. The molecule has 0 unspecified atom stereocenters. The van der Waals surface area contributed by atoms with Gasteiger partial charge in [0.25, 0.3) is 5.56 Å². The number of hydrogen-bond donors (Lipinski definition) is 1. The van der Waals surface area contributed by atoms with Crippen molar-refractivity contribution >= 4 is 5.82 Å². The maximum Gasteiger partial charge on any atom is 0.331 e. The van der Waals surface area contributed by atoms with Gasteiger partial charge in [0, 0.05) is 18.8 Å². The summed E-state index contributed by atoms with van der Waals surface area (Å²) < 4.78 is 2.61. The third-order valence-electron chi connectivity index (χ3n) is 2.63. The van der Waals surface area contributed by atoms with Crippen LogP contribution in [0.3, 0.4) is 0 Å². The Labute approximate surface area is 103 Å². The van der Waals surface area contributed by atoms with Crippen molar-refractivity contribution in [1.29, 1.82) is 0 Å². The highest BCUT2D eigenvalue weighted by molar-refractivity contribution is 5.28. The van der Waals surface area contributed by atoms with Crippen LogP contribution in [0.15, 0.2) is 40.1 Å². The van der Waals surface area contributed by atoms with E-state index in [2.05, 4.69) is 4.98 Å². The van der Waals surface area contributed by atoms with E-state index >= 15 is 0 Å². The lowest BCUT2D eigenvalue weighted by atomic mass is 10.3. The summed E-state index contributed by atoms with van der Waals surface area (Å²) in [5, 5.41) is 0. The molecule has 0 saturated heterocycles. The van der Waals surface area contributed by atoms with Crippen molar-refractivity contribution in [1.82, 2.24) is 14.1 Å². The number of aryl methyl sites for hydroxylation is 1. The van der Waals surface area contributed by atoms with Crippen molar-refractivity contribution in [2.75, 3.05) is 5.73 Å². The molecule has 2 aromatic rings. The fraction of sp³-hybridized carbons (Fsp3) is 0.250. The van der Waals surface area contributed by atoms with Crippen molar-refractivity contribution in [3.8, 4) is 0 Å². The molecule has 94 valence electrons.